The molecule has 2 rings (SSSR count). The molecule has 0 aliphatic heterocycles. The molecule has 0 heterocycles. The predicted molar refractivity (Wildman–Crippen MR) is 86.5 cm³/mol. The second kappa shape index (κ2) is 7.44. The van der Waals surface area contributed by atoms with Crippen LogP contribution in [0.15, 0.2) is 36.4 Å². The van der Waals surface area contributed by atoms with Gasteiger partial charge in [-0.2, -0.15) is 0 Å². The minimum atomic E-state index is -0.954. The van der Waals surface area contributed by atoms with Crippen LogP contribution in [-0.2, 0) is 9.53 Å². The lowest BCUT2D eigenvalue weighted by Crippen LogP contribution is -2.21. The molecule has 7 heteroatoms. The topological polar surface area (TPSA) is 55.4 Å². The van der Waals surface area contributed by atoms with Crippen LogP contribution in [0.3, 0.4) is 0 Å². The van der Waals surface area contributed by atoms with Crippen LogP contribution in [0.2, 0.25) is 10.0 Å². The SMILES string of the molecule is Cc1ccc(NC(=O)COC(=O)c2ccc(Cl)cc2F)c(Cl)c1. The summed E-state index contributed by atoms with van der Waals surface area (Å²) in [6, 6.07) is 8.63. The van der Waals surface area contributed by atoms with Gasteiger partial charge in [-0.15, -0.1) is 0 Å². The summed E-state index contributed by atoms with van der Waals surface area (Å²) < 4.78 is 18.3. The Morgan fingerprint density at radius 1 is 1.17 bits per heavy atom. The molecule has 0 fully saturated rings. The van der Waals surface area contributed by atoms with Crippen molar-refractivity contribution in [2.75, 3.05) is 11.9 Å². The maximum absolute atomic E-state index is 13.6. The lowest BCUT2D eigenvalue weighted by atomic mass is 10.2. The van der Waals surface area contributed by atoms with Crippen molar-refractivity contribution in [3.8, 4) is 0 Å². The van der Waals surface area contributed by atoms with Crippen LogP contribution < -0.4 is 5.32 Å². The van der Waals surface area contributed by atoms with Crippen molar-refractivity contribution in [2.45, 2.75) is 6.92 Å². The molecule has 1 amide bonds. The van der Waals surface area contributed by atoms with E-state index in [-0.39, 0.29) is 10.6 Å². The van der Waals surface area contributed by atoms with Gasteiger partial charge < -0.3 is 10.1 Å². The summed E-state index contributed by atoms with van der Waals surface area (Å²) in [7, 11) is 0. The Hall–Kier alpha value is -2.11. The molecular formula is C16H12Cl2FNO3. The van der Waals surface area contributed by atoms with E-state index in [1.54, 1.807) is 18.2 Å². The minimum absolute atomic E-state index is 0.158. The third-order valence-corrected chi connectivity index (χ3v) is 3.43. The number of nitrogens with one attached hydrogen (secondary N) is 1. The van der Waals surface area contributed by atoms with Crippen molar-refractivity contribution in [3.05, 3.63) is 63.4 Å². The predicted octanol–water partition coefficient (Wildman–Crippen LogP) is 4.24. The van der Waals surface area contributed by atoms with Gasteiger partial charge >= 0.3 is 5.97 Å². The van der Waals surface area contributed by atoms with Gasteiger partial charge in [0, 0.05) is 5.02 Å². The first-order valence-corrected chi connectivity index (χ1v) is 7.30. The molecule has 1 N–H and O–H groups in total. The fourth-order valence-electron chi connectivity index (χ4n) is 1.77. The van der Waals surface area contributed by atoms with Crippen LogP contribution in [0, 0.1) is 12.7 Å². The Balaban J connectivity index is 1.94. The summed E-state index contributed by atoms with van der Waals surface area (Å²) in [5.41, 5.74) is 1.05. The van der Waals surface area contributed by atoms with Crippen molar-refractivity contribution in [1.29, 1.82) is 0 Å². The zero-order chi connectivity index (χ0) is 17.0. The van der Waals surface area contributed by atoms with Crippen molar-refractivity contribution < 1.29 is 18.7 Å². The number of carbonyl (C=O) groups is 2. The van der Waals surface area contributed by atoms with Crippen LogP contribution in [-0.4, -0.2) is 18.5 Å². The normalized spacial score (nSPS) is 10.3. The Morgan fingerprint density at radius 2 is 1.91 bits per heavy atom. The number of rotatable bonds is 4. The van der Waals surface area contributed by atoms with E-state index < -0.39 is 24.3 Å². The van der Waals surface area contributed by atoms with Gasteiger partial charge in [-0.25, -0.2) is 9.18 Å². The van der Waals surface area contributed by atoms with Crippen LogP contribution in [0.4, 0.5) is 10.1 Å². The van der Waals surface area contributed by atoms with Gasteiger partial charge in [0.05, 0.1) is 16.3 Å². The van der Waals surface area contributed by atoms with Crippen LogP contribution in [0.5, 0.6) is 0 Å². The maximum Gasteiger partial charge on any atom is 0.341 e. The summed E-state index contributed by atoms with van der Waals surface area (Å²) in [5.74, 6) is -2.35. The number of aryl methyl sites for hydroxylation is 1. The van der Waals surface area contributed by atoms with Gasteiger partial charge in [-0.1, -0.05) is 29.3 Å². The number of esters is 1. The highest BCUT2D eigenvalue weighted by Gasteiger charge is 2.15. The molecule has 0 aromatic heterocycles. The zero-order valence-corrected chi connectivity index (χ0v) is 13.5. The summed E-state index contributed by atoms with van der Waals surface area (Å²) in [6.45, 7) is 1.30. The minimum Gasteiger partial charge on any atom is -0.452 e. The molecule has 0 spiro atoms. The fraction of sp³-hybridized carbons (Fsp3) is 0.125. The van der Waals surface area contributed by atoms with Crippen molar-refractivity contribution in [3.63, 3.8) is 0 Å². The molecule has 0 bridgehead atoms. The lowest BCUT2D eigenvalue weighted by Gasteiger charge is -2.09. The number of carbonyl (C=O) groups excluding carboxylic acids is 2. The van der Waals surface area contributed by atoms with Crippen molar-refractivity contribution >= 4 is 40.8 Å². The molecule has 0 saturated heterocycles. The van der Waals surface area contributed by atoms with E-state index in [0.29, 0.717) is 10.7 Å². The van der Waals surface area contributed by atoms with Crippen LogP contribution in [0.1, 0.15) is 15.9 Å². The first-order chi connectivity index (χ1) is 10.9. The number of amides is 1. The fourth-order valence-corrected chi connectivity index (χ4v) is 2.21. The first-order valence-electron chi connectivity index (χ1n) is 6.55. The summed E-state index contributed by atoms with van der Waals surface area (Å²) >= 11 is 11.6. The molecule has 0 unspecified atom stereocenters. The number of anilines is 1. The molecular weight excluding hydrogens is 344 g/mol. The Bertz CT molecular complexity index is 765. The Labute approximate surface area is 142 Å². The molecule has 0 aliphatic carbocycles. The van der Waals surface area contributed by atoms with Crippen molar-refractivity contribution in [2.24, 2.45) is 0 Å². The number of halogens is 3. The quantitative estimate of drug-likeness (QED) is 0.834. The van der Waals surface area contributed by atoms with E-state index >= 15 is 0 Å². The smallest absolute Gasteiger partial charge is 0.341 e. The van der Waals surface area contributed by atoms with Gasteiger partial charge in [0.15, 0.2) is 6.61 Å². The molecule has 4 nitrogen and oxygen atoms in total. The van der Waals surface area contributed by atoms with E-state index in [2.05, 4.69) is 5.32 Å². The van der Waals surface area contributed by atoms with E-state index in [9.17, 15) is 14.0 Å². The largest absolute Gasteiger partial charge is 0.452 e. The zero-order valence-electron chi connectivity index (χ0n) is 12.0. The standard InChI is InChI=1S/C16H12Cl2FNO3/c1-9-2-5-14(12(18)6-9)20-15(21)8-23-16(22)11-4-3-10(17)7-13(11)19/h2-7H,8H2,1H3,(H,20,21). The molecule has 120 valence electrons. The molecule has 23 heavy (non-hydrogen) atoms. The molecule has 2 aromatic carbocycles. The first kappa shape index (κ1) is 17.2. The highest BCUT2D eigenvalue weighted by atomic mass is 35.5. The van der Waals surface area contributed by atoms with Gasteiger partial charge in [0.1, 0.15) is 5.82 Å². The highest BCUT2D eigenvalue weighted by molar-refractivity contribution is 6.33. The highest BCUT2D eigenvalue weighted by Crippen LogP contribution is 2.22. The van der Waals surface area contributed by atoms with Gasteiger partial charge in [0.25, 0.3) is 5.91 Å². The Kier molecular flexibility index (Phi) is 5.58. The third-order valence-electron chi connectivity index (χ3n) is 2.88. The summed E-state index contributed by atoms with van der Waals surface area (Å²) in [4.78, 5) is 23.5. The molecule has 0 atom stereocenters. The number of hydrogen-bond donors (Lipinski definition) is 1. The van der Waals surface area contributed by atoms with E-state index in [1.807, 2.05) is 6.92 Å². The van der Waals surface area contributed by atoms with Gasteiger partial charge in [0.2, 0.25) is 0 Å². The second-order valence-corrected chi connectivity index (χ2v) is 5.58. The molecule has 0 aliphatic rings. The number of ether oxygens (including phenoxy) is 1. The lowest BCUT2D eigenvalue weighted by molar-refractivity contribution is -0.119. The average Bonchev–Trinajstić information content (AvgIpc) is 2.48. The monoisotopic (exact) mass is 355 g/mol. The van der Waals surface area contributed by atoms with Crippen LogP contribution >= 0.6 is 23.2 Å². The number of benzene rings is 2. The summed E-state index contributed by atoms with van der Waals surface area (Å²) in [5, 5.41) is 3.03. The van der Waals surface area contributed by atoms with E-state index in [0.717, 1.165) is 11.6 Å². The van der Waals surface area contributed by atoms with E-state index in [4.69, 9.17) is 27.9 Å². The second-order valence-electron chi connectivity index (χ2n) is 4.73. The van der Waals surface area contributed by atoms with Crippen molar-refractivity contribution in [1.82, 2.24) is 0 Å². The maximum atomic E-state index is 13.6. The molecule has 2 aromatic rings. The third kappa shape index (κ3) is 4.68. The number of hydrogen-bond acceptors (Lipinski definition) is 3. The molecule has 0 radical (unpaired) electrons. The van der Waals surface area contributed by atoms with Gasteiger partial charge in [-0.05, 0) is 42.8 Å². The van der Waals surface area contributed by atoms with E-state index in [1.165, 1.54) is 12.1 Å². The van der Waals surface area contributed by atoms with Gasteiger partial charge in [-0.3, -0.25) is 4.79 Å². The van der Waals surface area contributed by atoms with Crippen LogP contribution in [0.25, 0.3) is 0 Å². The molecule has 0 saturated carbocycles. The average molecular weight is 356 g/mol. The summed E-state index contributed by atoms with van der Waals surface area (Å²) in [6.07, 6.45) is 0. The Morgan fingerprint density at radius 3 is 2.57 bits per heavy atom.